The summed E-state index contributed by atoms with van der Waals surface area (Å²) in [5.41, 5.74) is 1.15. The number of likely N-dealkylation sites (tertiary alicyclic amines) is 1. The number of piperidine rings is 1. The van der Waals surface area contributed by atoms with Gasteiger partial charge in [0.2, 0.25) is 0 Å². The summed E-state index contributed by atoms with van der Waals surface area (Å²) in [5, 5.41) is 3.57. The van der Waals surface area contributed by atoms with Crippen LogP contribution in [0.15, 0.2) is 59.5 Å². The molecule has 0 bridgehead atoms. The Morgan fingerprint density at radius 2 is 2.06 bits per heavy atom. The van der Waals surface area contributed by atoms with Crippen molar-refractivity contribution in [1.82, 2.24) is 19.8 Å². The van der Waals surface area contributed by atoms with Crippen molar-refractivity contribution in [3.8, 4) is 5.82 Å². The van der Waals surface area contributed by atoms with Crippen LogP contribution in [0.1, 0.15) is 41.9 Å². The number of amides is 1. The first-order valence-electron chi connectivity index (χ1n) is 11.1. The number of aromatic nitrogens is 2. The molecule has 7 nitrogen and oxygen atoms in total. The van der Waals surface area contributed by atoms with Crippen molar-refractivity contribution in [3.05, 3.63) is 71.5 Å². The van der Waals surface area contributed by atoms with E-state index in [1.165, 1.54) is 12.0 Å². The number of rotatable bonds is 6. The molecule has 32 heavy (non-hydrogen) atoms. The Balaban J connectivity index is 1.12. The Bertz CT molecular complexity index is 1040. The molecule has 3 aromatic heterocycles. The van der Waals surface area contributed by atoms with Crippen LogP contribution in [0, 0.1) is 0 Å². The van der Waals surface area contributed by atoms with Crippen molar-refractivity contribution in [3.63, 3.8) is 0 Å². The van der Waals surface area contributed by atoms with Crippen LogP contribution in [0.5, 0.6) is 0 Å². The van der Waals surface area contributed by atoms with Gasteiger partial charge in [-0.2, -0.15) is 0 Å². The van der Waals surface area contributed by atoms with E-state index in [9.17, 15) is 4.79 Å². The topological polar surface area (TPSA) is 72.5 Å². The number of nitrogens with zero attached hydrogens (tertiary/aromatic N) is 3. The molecule has 3 aromatic rings. The first-order chi connectivity index (χ1) is 15.6. The predicted molar refractivity (Wildman–Crippen MR) is 121 cm³/mol. The maximum Gasteiger partial charge on any atom is 0.287 e. The Labute approximate surface area is 192 Å². The van der Waals surface area contributed by atoms with Crippen molar-refractivity contribution in [1.29, 1.82) is 0 Å². The summed E-state index contributed by atoms with van der Waals surface area (Å²) in [5.74, 6) is 1.03. The molecule has 2 aliphatic heterocycles. The zero-order chi connectivity index (χ0) is 22.0. The van der Waals surface area contributed by atoms with E-state index < -0.39 is 0 Å². The van der Waals surface area contributed by atoms with Gasteiger partial charge < -0.3 is 19.0 Å². The number of carbonyl (C=O) groups excluding carboxylic acids is 1. The van der Waals surface area contributed by atoms with Crippen LogP contribution in [0.2, 0.25) is 5.02 Å². The zero-order valence-electron chi connectivity index (χ0n) is 17.9. The summed E-state index contributed by atoms with van der Waals surface area (Å²) in [6, 6.07) is 11.4. The summed E-state index contributed by atoms with van der Waals surface area (Å²) in [7, 11) is 0. The first kappa shape index (κ1) is 21.2. The van der Waals surface area contributed by atoms with E-state index in [1.54, 1.807) is 18.3 Å². The fourth-order valence-electron chi connectivity index (χ4n) is 4.74. The van der Waals surface area contributed by atoms with Crippen LogP contribution < -0.4 is 5.32 Å². The number of ether oxygens (including phenoxy) is 1. The van der Waals surface area contributed by atoms with Gasteiger partial charge in [-0.15, -0.1) is 0 Å². The van der Waals surface area contributed by atoms with Crippen molar-refractivity contribution >= 4 is 17.5 Å². The van der Waals surface area contributed by atoms with Crippen LogP contribution in [-0.2, 0) is 11.3 Å². The largest absolute Gasteiger partial charge is 0.459 e. The number of halogens is 1. The van der Waals surface area contributed by atoms with Gasteiger partial charge in [0, 0.05) is 44.3 Å². The van der Waals surface area contributed by atoms with Crippen molar-refractivity contribution in [2.24, 2.45) is 0 Å². The highest BCUT2D eigenvalue weighted by molar-refractivity contribution is 6.30. The van der Waals surface area contributed by atoms with Gasteiger partial charge in [0.25, 0.3) is 5.91 Å². The molecule has 0 unspecified atom stereocenters. The first-order valence-corrected chi connectivity index (χ1v) is 11.5. The monoisotopic (exact) mass is 454 g/mol. The number of pyridine rings is 1. The molecule has 0 aromatic carbocycles. The fraction of sp³-hybridized carbons (Fsp3) is 0.417. The van der Waals surface area contributed by atoms with E-state index in [1.807, 2.05) is 18.3 Å². The number of carbonyl (C=O) groups is 1. The van der Waals surface area contributed by atoms with Gasteiger partial charge >= 0.3 is 0 Å². The van der Waals surface area contributed by atoms with Gasteiger partial charge in [0.1, 0.15) is 5.82 Å². The molecule has 1 amide bonds. The molecule has 1 N–H and O–H groups in total. The second kappa shape index (κ2) is 9.10. The normalized spacial score (nSPS) is 20.6. The highest BCUT2D eigenvalue weighted by Gasteiger charge is 2.42. The maximum atomic E-state index is 12.1. The number of hydrogen-bond donors (Lipinski definition) is 1. The molecule has 0 saturated carbocycles. The quantitative estimate of drug-likeness (QED) is 0.608. The lowest BCUT2D eigenvalue weighted by atomic mass is 9.88. The highest BCUT2D eigenvalue weighted by Crippen LogP contribution is 2.39. The molecule has 2 saturated heterocycles. The third-order valence-corrected chi connectivity index (χ3v) is 6.74. The Morgan fingerprint density at radius 3 is 2.81 bits per heavy atom. The van der Waals surface area contributed by atoms with Crippen molar-refractivity contribution in [2.75, 3.05) is 19.6 Å². The molecular formula is C24H27ClN4O3. The van der Waals surface area contributed by atoms with E-state index in [4.69, 9.17) is 20.8 Å². The van der Waals surface area contributed by atoms with Crippen LogP contribution in [0.25, 0.3) is 5.82 Å². The van der Waals surface area contributed by atoms with Gasteiger partial charge in [0.15, 0.2) is 5.76 Å². The Morgan fingerprint density at radius 1 is 1.19 bits per heavy atom. The SMILES string of the molecule is O=C(NC[C@H]1CCC2(CCN(Cc3cccn3-c3ccc(Cl)cn3)CC2)O1)c1ccco1. The van der Waals surface area contributed by atoms with Gasteiger partial charge in [0.05, 0.1) is 23.0 Å². The standard InChI is InChI=1S/C24H27ClN4O3/c25-18-5-6-22(26-15-18)29-11-1-3-19(29)17-28-12-9-24(10-13-28)8-7-20(32-24)16-27-23(30)21-4-2-14-31-21/h1-6,11,14-15,20H,7-10,12-13,16-17H2,(H,27,30)/t20-/m1/s1. The minimum Gasteiger partial charge on any atom is -0.459 e. The highest BCUT2D eigenvalue weighted by atomic mass is 35.5. The molecule has 5 heterocycles. The number of furan rings is 1. The van der Waals surface area contributed by atoms with E-state index in [0.717, 1.165) is 51.1 Å². The molecule has 0 aliphatic carbocycles. The van der Waals surface area contributed by atoms with Gasteiger partial charge in [-0.1, -0.05) is 11.6 Å². The lowest BCUT2D eigenvalue weighted by molar-refractivity contribution is -0.0766. The molecule has 2 fully saturated rings. The molecule has 0 radical (unpaired) electrons. The van der Waals surface area contributed by atoms with Gasteiger partial charge in [-0.05, 0) is 62.1 Å². The smallest absolute Gasteiger partial charge is 0.287 e. The Kier molecular flexibility index (Phi) is 6.04. The van der Waals surface area contributed by atoms with Gasteiger partial charge in [-0.25, -0.2) is 4.98 Å². The molecule has 1 atom stereocenters. The maximum absolute atomic E-state index is 12.1. The number of hydrogen-bond acceptors (Lipinski definition) is 5. The molecule has 5 rings (SSSR count). The lowest BCUT2D eigenvalue weighted by Crippen LogP contribution is -2.45. The second-order valence-electron chi connectivity index (χ2n) is 8.63. The van der Waals surface area contributed by atoms with Crippen LogP contribution in [0.3, 0.4) is 0 Å². The predicted octanol–water partition coefficient (Wildman–Crippen LogP) is 4.06. The average molecular weight is 455 g/mol. The summed E-state index contributed by atoms with van der Waals surface area (Å²) < 4.78 is 13.7. The van der Waals surface area contributed by atoms with E-state index in [0.29, 0.717) is 17.3 Å². The van der Waals surface area contributed by atoms with E-state index >= 15 is 0 Å². The van der Waals surface area contributed by atoms with Crippen LogP contribution >= 0.6 is 11.6 Å². The second-order valence-corrected chi connectivity index (χ2v) is 9.07. The summed E-state index contributed by atoms with van der Waals surface area (Å²) in [4.78, 5) is 19.0. The van der Waals surface area contributed by atoms with Crippen molar-refractivity contribution < 1.29 is 13.9 Å². The van der Waals surface area contributed by atoms with E-state index in [-0.39, 0.29) is 17.6 Å². The third kappa shape index (κ3) is 4.60. The summed E-state index contributed by atoms with van der Waals surface area (Å²) in [6.45, 7) is 3.37. The molecule has 8 heteroatoms. The molecule has 1 spiro atoms. The lowest BCUT2D eigenvalue weighted by Gasteiger charge is -2.39. The zero-order valence-corrected chi connectivity index (χ0v) is 18.6. The van der Waals surface area contributed by atoms with Crippen molar-refractivity contribution in [2.45, 2.75) is 43.9 Å². The summed E-state index contributed by atoms with van der Waals surface area (Å²) >= 11 is 5.98. The van der Waals surface area contributed by atoms with Gasteiger partial charge in [-0.3, -0.25) is 9.69 Å². The van der Waals surface area contributed by atoms with Crippen LogP contribution in [-0.4, -0.2) is 51.7 Å². The number of nitrogens with one attached hydrogen (secondary N) is 1. The molecular weight excluding hydrogens is 428 g/mol. The van der Waals surface area contributed by atoms with E-state index in [2.05, 4.69) is 31.9 Å². The average Bonchev–Trinajstić information content (AvgIpc) is 3.56. The Hall–Kier alpha value is -2.61. The minimum absolute atomic E-state index is 0.0592. The molecule has 2 aliphatic rings. The minimum atomic E-state index is -0.187. The summed E-state index contributed by atoms with van der Waals surface area (Å²) in [6.07, 6.45) is 9.33. The molecule has 168 valence electrons. The third-order valence-electron chi connectivity index (χ3n) is 6.52. The van der Waals surface area contributed by atoms with Crippen LogP contribution in [0.4, 0.5) is 0 Å². The fourth-order valence-corrected chi connectivity index (χ4v) is 4.85.